The average molecular weight is 310 g/mol. The van der Waals surface area contributed by atoms with Crippen LogP contribution in [-0.4, -0.2) is 28.9 Å². The van der Waals surface area contributed by atoms with Crippen LogP contribution in [0.3, 0.4) is 0 Å². The van der Waals surface area contributed by atoms with E-state index in [1.807, 2.05) is 0 Å². The minimum Gasteiger partial charge on any atom is -0.303 e. The molecule has 4 nitrogen and oxygen atoms in total. The standard InChI is InChI=1S/AsF6.Na.H3O4P/c2-1(3,4,5,6)7;;1-5(2,3)4/h;;(H3,1,2,3,4)/q-1;+1;. The van der Waals surface area contributed by atoms with Crippen molar-refractivity contribution in [2.24, 2.45) is 0 Å². The van der Waals surface area contributed by atoms with Crippen LogP contribution in [0, 0.1) is 0 Å². The van der Waals surface area contributed by atoms with Gasteiger partial charge in [0.25, 0.3) is 0 Å². The van der Waals surface area contributed by atoms with Crippen molar-refractivity contribution >= 4 is 22.0 Å². The summed E-state index contributed by atoms with van der Waals surface area (Å²) in [6.07, 6.45) is 0. The Balaban J connectivity index is -0.000000150. The Kier molecular flexibility index (Phi) is 6.11. The fourth-order valence-corrected chi connectivity index (χ4v) is 0. The first-order valence-electron chi connectivity index (χ1n) is 1.80. The minimum atomic E-state index is -11.1. The second-order valence-electron chi connectivity index (χ2n) is 1.47. The molecule has 0 unspecified atom stereocenters. The van der Waals surface area contributed by atoms with Crippen molar-refractivity contribution in [3.05, 3.63) is 0 Å². The fourth-order valence-electron chi connectivity index (χ4n) is 0. The van der Waals surface area contributed by atoms with Gasteiger partial charge in [0.15, 0.2) is 0 Å². The van der Waals surface area contributed by atoms with E-state index in [0.29, 0.717) is 0 Å². The van der Waals surface area contributed by atoms with Gasteiger partial charge in [0.2, 0.25) is 0 Å². The average Bonchev–Trinajstić information content (AvgIpc) is 1.04. The van der Waals surface area contributed by atoms with Crippen molar-refractivity contribution in [1.29, 1.82) is 0 Å². The normalized spacial score (nSPS) is 17.0. The van der Waals surface area contributed by atoms with E-state index in [1.54, 1.807) is 0 Å². The second-order valence-corrected chi connectivity index (χ2v) is 6.52. The number of rotatable bonds is 0. The zero-order valence-electron chi connectivity index (χ0n) is 5.91. The van der Waals surface area contributed by atoms with Crippen LogP contribution < -0.4 is 29.6 Å². The first-order valence-corrected chi connectivity index (χ1v) is 7.62. The molecule has 0 atom stereocenters. The van der Waals surface area contributed by atoms with Gasteiger partial charge in [0.1, 0.15) is 0 Å². The molecule has 0 amide bonds. The van der Waals surface area contributed by atoms with Gasteiger partial charge in [0, 0.05) is 0 Å². The number of hydrogen-bond donors (Lipinski definition) is 3. The monoisotopic (exact) mass is 310 g/mol. The molecule has 0 saturated carbocycles. The van der Waals surface area contributed by atoms with Crippen molar-refractivity contribution < 1.29 is 69.6 Å². The molecule has 0 aliphatic rings. The molecule has 0 spiro atoms. The predicted octanol–water partition coefficient (Wildman–Crippen LogP) is -1.78. The summed E-state index contributed by atoms with van der Waals surface area (Å²) in [5.41, 5.74) is 0. The summed E-state index contributed by atoms with van der Waals surface area (Å²) >= 11 is -11.1. The van der Waals surface area contributed by atoms with E-state index in [4.69, 9.17) is 19.2 Å². The Bertz CT molecular complexity index is 178. The molecule has 0 radical (unpaired) electrons. The van der Waals surface area contributed by atoms with Crippen molar-refractivity contribution in [1.82, 2.24) is 0 Å². The van der Waals surface area contributed by atoms with Gasteiger partial charge in [-0.15, -0.1) is 0 Å². The summed E-state index contributed by atoms with van der Waals surface area (Å²) in [5, 5.41) is 0. The zero-order chi connectivity index (χ0) is 10.9. The van der Waals surface area contributed by atoms with E-state index in [9.17, 15) is 20.8 Å². The summed E-state index contributed by atoms with van der Waals surface area (Å²) in [6, 6.07) is 0. The van der Waals surface area contributed by atoms with Crippen LogP contribution in [0.15, 0.2) is 0 Å². The smallest absolute Gasteiger partial charge is 0.303 e. The Morgan fingerprint density at radius 3 is 0.846 bits per heavy atom. The van der Waals surface area contributed by atoms with Crippen LogP contribution in [0.1, 0.15) is 0 Å². The van der Waals surface area contributed by atoms with Gasteiger partial charge in [-0.3, -0.25) is 0 Å². The summed E-state index contributed by atoms with van der Waals surface area (Å²) < 4.78 is 68.3. The maximum Gasteiger partial charge on any atom is 1.00 e. The first kappa shape index (κ1) is 19.8. The first-order chi connectivity index (χ1) is 4.45. The summed E-state index contributed by atoms with van der Waals surface area (Å²) in [5.74, 6) is 0. The fraction of sp³-hybridized carbons (Fsp3) is 0. The molecule has 0 heterocycles. The molecule has 80 valence electrons. The Morgan fingerprint density at radius 1 is 0.846 bits per heavy atom. The topological polar surface area (TPSA) is 77.8 Å². The molecule has 3 N–H and O–H groups in total. The summed E-state index contributed by atoms with van der Waals surface area (Å²) in [7, 11) is -4.64. The Morgan fingerprint density at radius 2 is 0.846 bits per heavy atom. The maximum atomic E-state index is 9.91. The van der Waals surface area contributed by atoms with E-state index >= 15 is 0 Å². The molecule has 0 aromatic heterocycles. The summed E-state index contributed by atoms with van der Waals surface area (Å²) in [6.45, 7) is 0. The third-order valence-electron chi connectivity index (χ3n) is 0. The molecule has 0 aromatic carbocycles. The number of halogens is 6. The second kappa shape index (κ2) is 4.02. The third-order valence-corrected chi connectivity index (χ3v) is 0. The molecule has 0 aliphatic heterocycles. The van der Waals surface area contributed by atoms with E-state index < -0.39 is 22.0 Å². The van der Waals surface area contributed by atoms with Gasteiger partial charge in [-0.1, -0.05) is 0 Å². The Labute approximate surface area is 91.3 Å². The van der Waals surface area contributed by atoms with Gasteiger partial charge < -0.3 is 14.7 Å². The van der Waals surface area contributed by atoms with Crippen molar-refractivity contribution in [3.8, 4) is 0 Å². The summed E-state index contributed by atoms with van der Waals surface area (Å²) in [4.78, 5) is 21.6. The van der Waals surface area contributed by atoms with Crippen molar-refractivity contribution in [2.75, 3.05) is 0 Å². The van der Waals surface area contributed by atoms with E-state index in [2.05, 4.69) is 0 Å². The molecule has 13 heteroatoms. The van der Waals surface area contributed by atoms with Gasteiger partial charge >= 0.3 is 72.4 Å². The maximum absolute atomic E-state index is 11.1. The number of phosphoric acid groups is 1. The van der Waals surface area contributed by atoms with E-state index in [0.717, 1.165) is 0 Å². The van der Waals surface area contributed by atoms with Gasteiger partial charge in [-0.25, -0.2) is 4.57 Å². The van der Waals surface area contributed by atoms with Crippen molar-refractivity contribution in [3.63, 3.8) is 0 Å². The predicted molar refractivity (Wildman–Crippen MR) is 26.7 cm³/mol. The minimum absolute atomic E-state index is 0. The zero-order valence-corrected chi connectivity index (χ0v) is 10.7. The van der Waals surface area contributed by atoms with Crippen LogP contribution in [0.2, 0.25) is 0 Å². The molecular formula is H3AsF6NaO4P. The third kappa shape index (κ3) is 1080. The molecular weight excluding hydrogens is 307 g/mol. The number of hydrogen-bond acceptors (Lipinski definition) is 1. The molecule has 0 saturated heterocycles. The SMILES string of the molecule is F[As-](F)(F)(F)(F)F.O=P(O)(O)O.[Na+]. The Hall–Kier alpha value is 1.25. The van der Waals surface area contributed by atoms with E-state index in [1.165, 1.54) is 0 Å². The largest absolute Gasteiger partial charge is 1.00 e. The van der Waals surface area contributed by atoms with Gasteiger partial charge in [-0.05, 0) is 0 Å². The van der Waals surface area contributed by atoms with Crippen molar-refractivity contribution in [2.45, 2.75) is 0 Å². The van der Waals surface area contributed by atoms with Crippen LogP contribution in [0.25, 0.3) is 0 Å². The molecule has 0 fully saturated rings. The van der Waals surface area contributed by atoms with Crippen LogP contribution in [-0.2, 0) is 4.57 Å². The molecule has 0 bridgehead atoms. The van der Waals surface area contributed by atoms with Crippen LogP contribution in [0.4, 0.5) is 20.8 Å². The van der Waals surface area contributed by atoms with Crippen LogP contribution >= 0.6 is 7.82 Å². The quantitative estimate of drug-likeness (QED) is 0.281. The van der Waals surface area contributed by atoms with Gasteiger partial charge in [-0.2, -0.15) is 0 Å². The molecule has 13 heavy (non-hydrogen) atoms. The van der Waals surface area contributed by atoms with Gasteiger partial charge in [0.05, 0.1) is 0 Å². The van der Waals surface area contributed by atoms with E-state index in [-0.39, 0.29) is 29.6 Å². The molecule has 0 aromatic rings. The molecule has 0 aliphatic carbocycles. The van der Waals surface area contributed by atoms with Crippen LogP contribution in [0.5, 0.6) is 0 Å². The molecule has 0 rings (SSSR count).